The number of pyridine rings is 1. The molecule has 9 heteroatoms. The van der Waals surface area contributed by atoms with Gasteiger partial charge in [-0.25, -0.2) is 13.4 Å². The monoisotopic (exact) mass is 431 g/mol. The molecule has 2 atom stereocenters. The number of hydrogen-bond acceptors (Lipinski definition) is 6. The summed E-state index contributed by atoms with van der Waals surface area (Å²) in [6, 6.07) is 3.29. The van der Waals surface area contributed by atoms with E-state index in [4.69, 9.17) is 5.10 Å². The number of nitrogens with zero attached hydrogens (tertiary/aromatic N) is 4. The summed E-state index contributed by atoms with van der Waals surface area (Å²) in [5.41, 5.74) is 1.95. The van der Waals surface area contributed by atoms with Crippen molar-refractivity contribution < 1.29 is 13.2 Å². The van der Waals surface area contributed by atoms with Crippen molar-refractivity contribution in [3.05, 3.63) is 35.5 Å². The lowest BCUT2D eigenvalue weighted by molar-refractivity contribution is -0.135. The van der Waals surface area contributed by atoms with Crippen LogP contribution in [-0.4, -0.2) is 64.9 Å². The zero-order valence-corrected chi connectivity index (χ0v) is 18.5. The lowest BCUT2D eigenvalue weighted by atomic mass is 9.91. The van der Waals surface area contributed by atoms with Crippen LogP contribution in [0, 0.1) is 5.92 Å². The van der Waals surface area contributed by atoms with Gasteiger partial charge in [-0.2, -0.15) is 5.10 Å². The quantitative estimate of drug-likeness (QED) is 0.772. The van der Waals surface area contributed by atoms with Crippen molar-refractivity contribution in [2.24, 2.45) is 13.0 Å². The highest BCUT2D eigenvalue weighted by molar-refractivity contribution is 7.94. The number of fused-ring (bicyclic) bond motifs is 1. The standard InChI is InChI=1S/C21H29N5O3S/c1-14(2)18(23-16-8-12-30(28,29)13-16)21(27)26-10-6-15(7-11-26)19-17-5-4-9-22-20(17)25(3)24-19/h4-5,8-9,12,14-16,18,23H,6-7,10-11,13H2,1-3H3/t16-,18-/m0/s1. The van der Waals surface area contributed by atoms with Crippen molar-refractivity contribution in [2.45, 2.75) is 44.7 Å². The fraction of sp³-hybridized carbons (Fsp3) is 0.571. The number of aromatic nitrogens is 3. The van der Waals surface area contributed by atoms with Crippen LogP contribution >= 0.6 is 0 Å². The van der Waals surface area contributed by atoms with Gasteiger partial charge in [-0.15, -0.1) is 0 Å². The van der Waals surface area contributed by atoms with Crippen LogP contribution in [0.15, 0.2) is 29.8 Å². The molecule has 162 valence electrons. The molecule has 0 bridgehead atoms. The molecule has 0 spiro atoms. The molecule has 30 heavy (non-hydrogen) atoms. The number of rotatable bonds is 5. The lowest BCUT2D eigenvalue weighted by Crippen LogP contribution is -2.54. The van der Waals surface area contributed by atoms with Gasteiger partial charge in [0.05, 0.1) is 17.5 Å². The van der Waals surface area contributed by atoms with Gasteiger partial charge in [-0.3, -0.25) is 14.8 Å². The van der Waals surface area contributed by atoms with Gasteiger partial charge in [0.1, 0.15) is 0 Å². The van der Waals surface area contributed by atoms with Crippen molar-refractivity contribution in [1.82, 2.24) is 25.0 Å². The van der Waals surface area contributed by atoms with Gasteiger partial charge in [0, 0.05) is 49.1 Å². The molecular formula is C21H29N5O3S. The van der Waals surface area contributed by atoms with E-state index in [1.54, 1.807) is 12.3 Å². The maximum atomic E-state index is 13.2. The number of hydrogen-bond donors (Lipinski definition) is 1. The minimum absolute atomic E-state index is 0.0202. The van der Waals surface area contributed by atoms with Crippen LogP contribution in [0.1, 0.15) is 38.3 Å². The van der Waals surface area contributed by atoms with Crippen LogP contribution in [0.4, 0.5) is 0 Å². The largest absolute Gasteiger partial charge is 0.341 e. The molecule has 2 aromatic rings. The number of carbonyl (C=O) groups is 1. The van der Waals surface area contributed by atoms with Gasteiger partial charge in [-0.1, -0.05) is 19.9 Å². The van der Waals surface area contributed by atoms with Crippen LogP contribution < -0.4 is 5.32 Å². The molecule has 4 rings (SSSR count). The Morgan fingerprint density at radius 3 is 2.63 bits per heavy atom. The molecule has 1 amide bonds. The smallest absolute Gasteiger partial charge is 0.239 e. The zero-order chi connectivity index (χ0) is 21.5. The summed E-state index contributed by atoms with van der Waals surface area (Å²) >= 11 is 0. The molecule has 0 radical (unpaired) electrons. The minimum Gasteiger partial charge on any atom is -0.341 e. The molecular weight excluding hydrogens is 402 g/mol. The molecule has 0 aromatic carbocycles. The Balaban J connectivity index is 1.42. The van der Waals surface area contributed by atoms with E-state index >= 15 is 0 Å². The second-order valence-corrected chi connectivity index (χ2v) is 10.6. The molecule has 1 fully saturated rings. The molecule has 2 aliphatic heterocycles. The Kier molecular flexibility index (Phi) is 5.67. The second-order valence-electron chi connectivity index (χ2n) is 8.64. The lowest BCUT2D eigenvalue weighted by Gasteiger charge is -2.35. The average Bonchev–Trinajstić information content (AvgIpc) is 3.24. The number of piperidine rings is 1. The zero-order valence-electron chi connectivity index (χ0n) is 17.7. The first-order chi connectivity index (χ1) is 14.2. The molecule has 4 heterocycles. The minimum atomic E-state index is -3.15. The van der Waals surface area contributed by atoms with Crippen molar-refractivity contribution >= 4 is 26.8 Å². The molecule has 1 N–H and O–H groups in total. The molecule has 0 unspecified atom stereocenters. The van der Waals surface area contributed by atoms with Crippen LogP contribution in [0.5, 0.6) is 0 Å². The number of nitrogens with one attached hydrogen (secondary N) is 1. The van der Waals surface area contributed by atoms with Gasteiger partial charge in [0.2, 0.25) is 5.91 Å². The molecule has 0 saturated carbocycles. The fourth-order valence-electron chi connectivity index (χ4n) is 4.45. The summed E-state index contributed by atoms with van der Waals surface area (Å²) in [6.45, 7) is 5.32. The number of likely N-dealkylation sites (tertiary alicyclic amines) is 1. The van der Waals surface area contributed by atoms with Gasteiger partial charge >= 0.3 is 0 Å². The molecule has 2 aliphatic rings. The number of amides is 1. The Morgan fingerprint density at radius 2 is 2.00 bits per heavy atom. The van der Waals surface area contributed by atoms with E-state index in [-0.39, 0.29) is 23.6 Å². The number of aryl methyl sites for hydroxylation is 1. The fourth-order valence-corrected chi connectivity index (χ4v) is 5.70. The van der Waals surface area contributed by atoms with Crippen molar-refractivity contribution in [3.8, 4) is 0 Å². The second kappa shape index (κ2) is 8.11. The maximum Gasteiger partial charge on any atom is 0.239 e. The van der Waals surface area contributed by atoms with E-state index < -0.39 is 15.9 Å². The summed E-state index contributed by atoms with van der Waals surface area (Å²) in [6.07, 6.45) is 5.13. The first kappa shape index (κ1) is 21.0. The Bertz CT molecular complexity index is 1070. The van der Waals surface area contributed by atoms with Crippen molar-refractivity contribution in [3.63, 3.8) is 0 Å². The van der Waals surface area contributed by atoms with Crippen LogP contribution in [0.2, 0.25) is 0 Å². The van der Waals surface area contributed by atoms with Crippen molar-refractivity contribution in [2.75, 3.05) is 18.8 Å². The third-order valence-electron chi connectivity index (χ3n) is 6.08. The SMILES string of the molecule is CC(C)[C@H](N[C@H]1C=CS(=O)(=O)C1)C(=O)N1CCC(c2nn(C)c3ncccc23)CC1. The highest BCUT2D eigenvalue weighted by Gasteiger charge is 2.34. The Labute approximate surface area is 177 Å². The Hall–Kier alpha value is -2.26. The van der Waals surface area contributed by atoms with E-state index in [1.165, 1.54) is 5.41 Å². The number of carbonyl (C=O) groups excluding carboxylic acids is 1. The summed E-state index contributed by atoms with van der Waals surface area (Å²) in [4.78, 5) is 19.5. The van der Waals surface area contributed by atoms with Gasteiger partial charge in [-0.05, 0) is 30.9 Å². The van der Waals surface area contributed by atoms with Gasteiger partial charge < -0.3 is 4.90 Å². The molecule has 8 nitrogen and oxygen atoms in total. The maximum absolute atomic E-state index is 13.2. The first-order valence-electron chi connectivity index (χ1n) is 10.5. The van der Waals surface area contributed by atoms with E-state index in [0.29, 0.717) is 19.0 Å². The highest BCUT2D eigenvalue weighted by atomic mass is 32.2. The van der Waals surface area contributed by atoms with Crippen LogP contribution in [0.25, 0.3) is 11.0 Å². The summed E-state index contributed by atoms with van der Waals surface area (Å²) in [5.74, 6) is 0.438. The third kappa shape index (κ3) is 4.13. The van der Waals surface area contributed by atoms with Crippen molar-refractivity contribution in [1.29, 1.82) is 0 Å². The first-order valence-corrected chi connectivity index (χ1v) is 12.2. The molecule has 2 aromatic heterocycles. The normalized spacial score (nSPS) is 22.8. The molecule has 0 aliphatic carbocycles. The highest BCUT2D eigenvalue weighted by Crippen LogP contribution is 2.32. The van der Waals surface area contributed by atoms with Crippen LogP contribution in [0.3, 0.4) is 0 Å². The third-order valence-corrected chi connectivity index (χ3v) is 7.47. The number of sulfone groups is 1. The van der Waals surface area contributed by atoms with E-state index in [0.717, 1.165) is 29.6 Å². The van der Waals surface area contributed by atoms with E-state index in [2.05, 4.69) is 16.4 Å². The van der Waals surface area contributed by atoms with E-state index in [9.17, 15) is 13.2 Å². The summed E-state index contributed by atoms with van der Waals surface area (Å²) < 4.78 is 25.2. The Morgan fingerprint density at radius 1 is 1.27 bits per heavy atom. The van der Waals surface area contributed by atoms with Gasteiger partial charge in [0.15, 0.2) is 15.5 Å². The predicted octanol–water partition coefficient (Wildman–Crippen LogP) is 1.60. The summed E-state index contributed by atoms with van der Waals surface area (Å²) in [5, 5.41) is 10.3. The van der Waals surface area contributed by atoms with E-state index in [1.807, 2.05) is 36.5 Å². The van der Waals surface area contributed by atoms with Crippen LogP contribution in [-0.2, 0) is 21.7 Å². The molecule has 1 saturated heterocycles. The predicted molar refractivity (Wildman–Crippen MR) is 116 cm³/mol. The van der Waals surface area contributed by atoms with Gasteiger partial charge in [0.25, 0.3) is 0 Å². The summed E-state index contributed by atoms with van der Waals surface area (Å²) in [7, 11) is -1.24. The topological polar surface area (TPSA) is 97.2 Å². The average molecular weight is 432 g/mol.